The van der Waals surface area contributed by atoms with Gasteiger partial charge in [-0.1, -0.05) is 0 Å². The van der Waals surface area contributed by atoms with Crippen molar-refractivity contribution in [1.29, 1.82) is 0 Å². The highest BCUT2D eigenvalue weighted by Crippen LogP contribution is 2.32. The van der Waals surface area contributed by atoms with Crippen LogP contribution in [0.2, 0.25) is 0 Å². The van der Waals surface area contributed by atoms with Gasteiger partial charge in [-0.2, -0.15) is 0 Å². The number of hydrogen-bond donors (Lipinski definition) is 1. The van der Waals surface area contributed by atoms with E-state index in [4.69, 9.17) is 9.72 Å². The molecule has 18 heavy (non-hydrogen) atoms. The molecule has 0 bridgehead atoms. The number of rotatable bonds is 4. The van der Waals surface area contributed by atoms with Gasteiger partial charge in [-0.25, -0.2) is 4.98 Å². The van der Waals surface area contributed by atoms with Crippen molar-refractivity contribution in [3.8, 4) is 0 Å². The lowest BCUT2D eigenvalue weighted by atomic mass is 9.78. The van der Waals surface area contributed by atoms with Gasteiger partial charge in [-0.3, -0.25) is 4.40 Å². The molecule has 2 aromatic heterocycles. The number of fused-ring (bicyclic) bond motifs is 1. The molecular formula is C13H19N3OS. The SMILES string of the molecule is CNCC1(Cc2cn3ccsc3n2)CCCOC1. The molecule has 0 radical (unpaired) electrons. The Morgan fingerprint density at radius 1 is 1.61 bits per heavy atom. The molecule has 2 aromatic rings. The Bertz CT molecular complexity index is 479. The van der Waals surface area contributed by atoms with Crippen LogP contribution in [-0.4, -0.2) is 36.2 Å². The molecule has 1 aliphatic heterocycles. The van der Waals surface area contributed by atoms with Crippen LogP contribution in [0.25, 0.3) is 4.96 Å². The minimum atomic E-state index is 0.219. The van der Waals surface area contributed by atoms with Gasteiger partial charge in [-0.05, 0) is 19.9 Å². The largest absolute Gasteiger partial charge is 0.381 e. The molecule has 0 aromatic carbocycles. The monoisotopic (exact) mass is 265 g/mol. The number of aromatic nitrogens is 2. The van der Waals surface area contributed by atoms with Gasteiger partial charge in [0, 0.05) is 42.8 Å². The zero-order valence-corrected chi connectivity index (χ0v) is 11.5. The first-order chi connectivity index (χ1) is 8.81. The van der Waals surface area contributed by atoms with E-state index in [2.05, 4.69) is 27.5 Å². The van der Waals surface area contributed by atoms with Crippen LogP contribution in [0.3, 0.4) is 0 Å². The van der Waals surface area contributed by atoms with E-state index in [1.807, 2.05) is 7.05 Å². The molecule has 5 heteroatoms. The summed E-state index contributed by atoms with van der Waals surface area (Å²) >= 11 is 1.69. The van der Waals surface area contributed by atoms with E-state index in [-0.39, 0.29) is 5.41 Å². The van der Waals surface area contributed by atoms with Crippen LogP contribution < -0.4 is 5.32 Å². The van der Waals surface area contributed by atoms with Gasteiger partial charge in [0.15, 0.2) is 4.96 Å². The van der Waals surface area contributed by atoms with Crippen molar-refractivity contribution in [2.24, 2.45) is 5.41 Å². The third-order valence-corrected chi connectivity index (χ3v) is 4.43. The molecule has 1 N–H and O–H groups in total. The Labute approximate surface area is 111 Å². The Morgan fingerprint density at radius 2 is 2.56 bits per heavy atom. The molecule has 0 spiro atoms. The normalized spacial score (nSPS) is 24.7. The van der Waals surface area contributed by atoms with E-state index in [9.17, 15) is 0 Å². The topological polar surface area (TPSA) is 38.6 Å². The molecule has 1 fully saturated rings. The first kappa shape index (κ1) is 12.1. The predicted molar refractivity (Wildman–Crippen MR) is 73.2 cm³/mol. The summed E-state index contributed by atoms with van der Waals surface area (Å²) in [4.78, 5) is 5.78. The lowest BCUT2D eigenvalue weighted by molar-refractivity contribution is -0.00666. The molecule has 0 amide bonds. The third-order valence-electron chi connectivity index (χ3n) is 3.66. The van der Waals surface area contributed by atoms with Crippen LogP contribution in [0.1, 0.15) is 18.5 Å². The lowest BCUT2D eigenvalue weighted by Gasteiger charge is -2.36. The van der Waals surface area contributed by atoms with Crippen molar-refractivity contribution < 1.29 is 4.74 Å². The highest BCUT2D eigenvalue weighted by molar-refractivity contribution is 7.15. The summed E-state index contributed by atoms with van der Waals surface area (Å²) in [6.07, 6.45) is 7.60. The zero-order valence-electron chi connectivity index (χ0n) is 10.7. The van der Waals surface area contributed by atoms with Crippen LogP contribution >= 0.6 is 11.3 Å². The van der Waals surface area contributed by atoms with E-state index in [1.54, 1.807) is 11.3 Å². The summed E-state index contributed by atoms with van der Waals surface area (Å²) in [7, 11) is 2.02. The number of nitrogens with one attached hydrogen (secondary N) is 1. The number of ether oxygens (including phenoxy) is 1. The van der Waals surface area contributed by atoms with Crippen LogP contribution in [0, 0.1) is 5.41 Å². The van der Waals surface area contributed by atoms with Crippen molar-refractivity contribution in [2.45, 2.75) is 19.3 Å². The van der Waals surface area contributed by atoms with Crippen molar-refractivity contribution in [3.05, 3.63) is 23.5 Å². The van der Waals surface area contributed by atoms with E-state index in [0.29, 0.717) is 0 Å². The number of nitrogens with zero attached hydrogens (tertiary/aromatic N) is 2. The average Bonchev–Trinajstić information content (AvgIpc) is 2.91. The maximum absolute atomic E-state index is 5.69. The Hall–Kier alpha value is -0.910. The lowest BCUT2D eigenvalue weighted by Crippen LogP contribution is -2.41. The fraction of sp³-hybridized carbons (Fsp3) is 0.615. The third kappa shape index (κ3) is 2.30. The Kier molecular flexibility index (Phi) is 3.37. The van der Waals surface area contributed by atoms with E-state index < -0.39 is 0 Å². The van der Waals surface area contributed by atoms with Gasteiger partial charge in [0.2, 0.25) is 0 Å². The number of imidazole rings is 1. The first-order valence-corrected chi connectivity index (χ1v) is 7.33. The van der Waals surface area contributed by atoms with Crippen LogP contribution in [0.4, 0.5) is 0 Å². The van der Waals surface area contributed by atoms with Crippen molar-refractivity contribution in [2.75, 3.05) is 26.8 Å². The van der Waals surface area contributed by atoms with E-state index in [0.717, 1.165) is 37.6 Å². The van der Waals surface area contributed by atoms with Gasteiger partial charge in [-0.15, -0.1) is 11.3 Å². The van der Waals surface area contributed by atoms with E-state index >= 15 is 0 Å². The summed E-state index contributed by atoms with van der Waals surface area (Å²) in [5.41, 5.74) is 1.40. The minimum Gasteiger partial charge on any atom is -0.381 e. The maximum atomic E-state index is 5.69. The molecule has 3 heterocycles. The molecule has 3 rings (SSSR count). The van der Waals surface area contributed by atoms with Gasteiger partial charge in [0.1, 0.15) is 0 Å². The minimum absolute atomic E-state index is 0.219. The predicted octanol–water partition coefficient (Wildman–Crippen LogP) is 1.95. The Balaban J connectivity index is 1.81. The molecule has 0 aliphatic carbocycles. The first-order valence-electron chi connectivity index (χ1n) is 6.45. The fourth-order valence-corrected chi connectivity index (χ4v) is 3.59. The summed E-state index contributed by atoms with van der Waals surface area (Å²) in [6.45, 7) is 2.75. The van der Waals surface area contributed by atoms with Crippen molar-refractivity contribution >= 4 is 16.3 Å². The van der Waals surface area contributed by atoms with Gasteiger partial charge >= 0.3 is 0 Å². The summed E-state index contributed by atoms with van der Waals surface area (Å²) in [5, 5.41) is 5.38. The van der Waals surface area contributed by atoms with Gasteiger partial charge in [0.05, 0.1) is 12.3 Å². The molecule has 1 atom stereocenters. The molecule has 98 valence electrons. The zero-order chi connectivity index (χ0) is 12.4. The van der Waals surface area contributed by atoms with Gasteiger partial charge < -0.3 is 10.1 Å². The molecule has 4 nitrogen and oxygen atoms in total. The maximum Gasteiger partial charge on any atom is 0.193 e. The fourth-order valence-electron chi connectivity index (χ4n) is 2.87. The molecule has 1 aliphatic rings. The molecule has 0 saturated carbocycles. The summed E-state index contributed by atoms with van der Waals surface area (Å²) in [5.74, 6) is 0. The van der Waals surface area contributed by atoms with Crippen molar-refractivity contribution in [3.63, 3.8) is 0 Å². The standard InChI is InChI=1S/C13H19N3OS/c1-14-9-13(3-2-5-17-10-13)7-11-8-16-4-6-18-12(16)15-11/h4,6,8,14H,2-3,5,7,9-10H2,1H3. The van der Waals surface area contributed by atoms with Crippen molar-refractivity contribution in [1.82, 2.24) is 14.7 Å². The molecule has 1 saturated heterocycles. The molecular weight excluding hydrogens is 246 g/mol. The van der Waals surface area contributed by atoms with Crippen LogP contribution in [0.5, 0.6) is 0 Å². The van der Waals surface area contributed by atoms with Crippen LogP contribution in [-0.2, 0) is 11.2 Å². The summed E-state index contributed by atoms with van der Waals surface area (Å²) < 4.78 is 7.80. The second-order valence-corrected chi connectivity index (χ2v) is 6.06. The number of hydrogen-bond acceptors (Lipinski definition) is 4. The highest BCUT2D eigenvalue weighted by atomic mass is 32.1. The number of thiazole rings is 1. The second kappa shape index (κ2) is 4.99. The average molecular weight is 265 g/mol. The second-order valence-electron chi connectivity index (χ2n) is 5.19. The van der Waals surface area contributed by atoms with Crippen LogP contribution in [0.15, 0.2) is 17.8 Å². The smallest absolute Gasteiger partial charge is 0.193 e. The van der Waals surface area contributed by atoms with Gasteiger partial charge in [0.25, 0.3) is 0 Å². The quantitative estimate of drug-likeness (QED) is 0.918. The summed E-state index contributed by atoms with van der Waals surface area (Å²) in [6, 6.07) is 0. The Morgan fingerprint density at radius 3 is 3.28 bits per heavy atom. The van der Waals surface area contributed by atoms with E-state index in [1.165, 1.54) is 12.1 Å². The highest BCUT2D eigenvalue weighted by Gasteiger charge is 2.33. The molecule has 1 unspecified atom stereocenters.